The zero-order valence-electron chi connectivity index (χ0n) is 16.3. The first-order valence-corrected chi connectivity index (χ1v) is 8.76. The van der Waals surface area contributed by atoms with Gasteiger partial charge in [-0.25, -0.2) is 9.78 Å². The van der Waals surface area contributed by atoms with Crippen molar-refractivity contribution in [2.24, 2.45) is 14.1 Å². The van der Waals surface area contributed by atoms with Gasteiger partial charge in [0, 0.05) is 25.0 Å². The van der Waals surface area contributed by atoms with Crippen LogP contribution in [0.15, 0.2) is 44.5 Å². The number of hydrogen-bond acceptors (Lipinski definition) is 6. The molecule has 0 unspecified atom stereocenters. The Morgan fingerprint density at radius 3 is 2.62 bits per heavy atom. The van der Waals surface area contributed by atoms with Gasteiger partial charge in [0.15, 0.2) is 5.76 Å². The molecule has 3 heterocycles. The summed E-state index contributed by atoms with van der Waals surface area (Å²) in [6, 6.07) is 6.77. The van der Waals surface area contributed by atoms with Gasteiger partial charge >= 0.3 is 5.69 Å². The highest BCUT2D eigenvalue weighted by Gasteiger charge is 2.19. The second-order valence-electron chi connectivity index (χ2n) is 6.67. The lowest BCUT2D eigenvalue weighted by atomic mass is 10.1. The molecular formula is C20H18N4O5. The maximum atomic E-state index is 12.8. The van der Waals surface area contributed by atoms with Crippen LogP contribution in [0.3, 0.4) is 0 Å². The van der Waals surface area contributed by atoms with Gasteiger partial charge < -0.3 is 14.5 Å². The fraction of sp³-hybridized carbons (Fsp3) is 0.200. The summed E-state index contributed by atoms with van der Waals surface area (Å²) in [5.41, 5.74) is 0.829. The number of fused-ring (bicyclic) bond motifs is 2. The molecule has 1 amide bonds. The first-order valence-electron chi connectivity index (χ1n) is 8.76. The molecule has 0 fully saturated rings. The van der Waals surface area contributed by atoms with Crippen molar-refractivity contribution in [2.45, 2.75) is 6.92 Å². The number of nitrogens with zero attached hydrogens (tertiary/aromatic N) is 3. The van der Waals surface area contributed by atoms with Crippen LogP contribution in [0.2, 0.25) is 0 Å². The summed E-state index contributed by atoms with van der Waals surface area (Å²) in [6.45, 7) is 1.78. The van der Waals surface area contributed by atoms with Crippen molar-refractivity contribution in [2.75, 3.05) is 12.4 Å². The van der Waals surface area contributed by atoms with E-state index in [4.69, 9.17) is 9.15 Å². The normalized spacial score (nSPS) is 11.2. The molecule has 0 aliphatic rings. The van der Waals surface area contributed by atoms with Gasteiger partial charge in [-0.3, -0.25) is 18.7 Å². The zero-order chi connectivity index (χ0) is 20.9. The Kier molecular flexibility index (Phi) is 4.22. The Hall–Kier alpha value is -3.88. The van der Waals surface area contributed by atoms with Gasteiger partial charge in [-0.2, -0.15) is 0 Å². The van der Waals surface area contributed by atoms with E-state index in [-0.39, 0.29) is 16.8 Å². The lowest BCUT2D eigenvalue weighted by Crippen LogP contribution is -2.37. The first kappa shape index (κ1) is 18.5. The average molecular weight is 394 g/mol. The molecule has 4 rings (SSSR count). The van der Waals surface area contributed by atoms with E-state index in [1.807, 2.05) is 0 Å². The van der Waals surface area contributed by atoms with E-state index < -0.39 is 17.2 Å². The summed E-state index contributed by atoms with van der Waals surface area (Å²) in [7, 11) is 4.49. The third kappa shape index (κ3) is 2.87. The number of carbonyl (C=O) groups is 1. The number of aryl methyl sites for hydroxylation is 2. The number of nitrogens with one attached hydrogen (secondary N) is 1. The number of amides is 1. The molecule has 148 valence electrons. The molecule has 29 heavy (non-hydrogen) atoms. The highest BCUT2D eigenvalue weighted by Crippen LogP contribution is 2.29. The molecular weight excluding hydrogens is 376 g/mol. The largest absolute Gasteiger partial charge is 0.497 e. The number of rotatable bonds is 3. The average Bonchev–Trinajstić information content (AvgIpc) is 3.06. The fourth-order valence-corrected chi connectivity index (χ4v) is 3.27. The SMILES string of the molecule is COc1ccc2oc(C(=O)Nc3cnc4c(c3)c(=O)n(C)c(=O)n4C)c(C)c2c1. The van der Waals surface area contributed by atoms with Crippen LogP contribution in [0.1, 0.15) is 16.1 Å². The number of aromatic nitrogens is 3. The highest BCUT2D eigenvalue weighted by molar-refractivity contribution is 6.07. The van der Waals surface area contributed by atoms with Gasteiger partial charge in [0.1, 0.15) is 17.0 Å². The van der Waals surface area contributed by atoms with Crippen LogP contribution < -0.4 is 21.3 Å². The number of methoxy groups -OCH3 is 1. The van der Waals surface area contributed by atoms with Crippen molar-refractivity contribution >= 4 is 33.6 Å². The second-order valence-corrected chi connectivity index (χ2v) is 6.67. The lowest BCUT2D eigenvalue weighted by Gasteiger charge is -2.08. The minimum absolute atomic E-state index is 0.154. The molecule has 1 N–H and O–H groups in total. The molecule has 0 aliphatic carbocycles. The number of pyridine rings is 1. The smallest absolute Gasteiger partial charge is 0.332 e. The molecule has 0 radical (unpaired) electrons. The quantitative estimate of drug-likeness (QED) is 0.569. The van der Waals surface area contributed by atoms with E-state index >= 15 is 0 Å². The molecule has 0 saturated carbocycles. The molecule has 9 heteroatoms. The van der Waals surface area contributed by atoms with E-state index in [0.29, 0.717) is 22.6 Å². The number of furan rings is 1. The molecule has 0 bridgehead atoms. The summed E-state index contributed by atoms with van der Waals surface area (Å²) >= 11 is 0. The Morgan fingerprint density at radius 2 is 1.90 bits per heavy atom. The molecule has 1 aromatic carbocycles. The molecule has 3 aromatic heterocycles. The topological polar surface area (TPSA) is 108 Å². The number of hydrogen-bond donors (Lipinski definition) is 1. The third-order valence-corrected chi connectivity index (χ3v) is 4.90. The van der Waals surface area contributed by atoms with E-state index in [2.05, 4.69) is 10.3 Å². The van der Waals surface area contributed by atoms with Gasteiger partial charge in [0.05, 0.1) is 24.4 Å². The highest BCUT2D eigenvalue weighted by atomic mass is 16.5. The van der Waals surface area contributed by atoms with Crippen LogP contribution in [-0.4, -0.2) is 27.1 Å². The van der Waals surface area contributed by atoms with Crippen LogP contribution in [0.5, 0.6) is 5.75 Å². The van der Waals surface area contributed by atoms with E-state index in [1.165, 1.54) is 30.9 Å². The van der Waals surface area contributed by atoms with E-state index in [9.17, 15) is 14.4 Å². The maximum absolute atomic E-state index is 12.8. The molecule has 0 saturated heterocycles. The van der Waals surface area contributed by atoms with Crippen molar-refractivity contribution < 1.29 is 13.9 Å². The maximum Gasteiger partial charge on any atom is 0.332 e. The Bertz CT molecular complexity index is 1410. The summed E-state index contributed by atoms with van der Waals surface area (Å²) in [6.07, 6.45) is 1.39. The number of anilines is 1. The Balaban J connectivity index is 1.74. The van der Waals surface area contributed by atoms with Crippen LogP contribution >= 0.6 is 0 Å². The number of ether oxygens (including phenoxy) is 1. The summed E-state index contributed by atoms with van der Waals surface area (Å²) in [5, 5.41) is 3.69. The van der Waals surface area contributed by atoms with Gasteiger partial charge in [-0.05, 0) is 31.2 Å². The second kappa shape index (κ2) is 6.62. The van der Waals surface area contributed by atoms with E-state index in [1.54, 1.807) is 32.2 Å². The predicted molar refractivity (Wildman–Crippen MR) is 108 cm³/mol. The Morgan fingerprint density at radius 1 is 1.14 bits per heavy atom. The number of carbonyl (C=O) groups excluding carboxylic acids is 1. The summed E-state index contributed by atoms with van der Waals surface area (Å²) < 4.78 is 13.2. The molecule has 4 aromatic rings. The van der Waals surface area contributed by atoms with Crippen molar-refractivity contribution in [1.29, 1.82) is 0 Å². The first-order chi connectivity index (χ1) is 13.8. The van der Waals surface area contributed by atoms with Crippen LogP contribution in [-0.2, 0) is 14.1 Å². The molecule has 0 aliphatic heterocycles. The standard InChI is InChI=1S/C20H18N4O5/c1-10-13-8-12(28-4)5-6-15(13)29-16(10)18(25)22-11-7-14-17(21-9-11)23(2)20(27)24(3)19(14)26/h5-9H,1-4H3,(H,22,25). The van der Waals surface area contributed by atoms with Crippen molar-refractivity contribution in [3.05, 3.63) is 62.6 Å². The van der Waals surface area contributed by atoms with Gasteiger partial charge in [-0.15, -0.1) is 0 Å². The van der Waals surface area contributed by atoms with Gasteiger partial charge in [0.2, 0.25) is 0 Å². The molecule has 0 spiro atoms. The number of benzene rings is 1. The lowest BCUT2D eigenvalue weighted by molar-refractivity contribution is 0.0998. The van der Waals surface area contributed by atoms with Gasteiger partial charge in [-0.1, -0.05) is 0 Å². The van der Waals surface area contributed by atoms with Crippen LogP contribution in [0, 0.1) is 6.92 Å². The van der Waals surface area contributed by atoms with Crippen molar-refractivity contribution in [3.63, 3.8) is 0 Å². The van der Waals surface area contributed by atoms with Crippen molar-refractivity contribution in [3.8, 4) is 5.75 Å². The fourth-order valence-electron chi connectivity index (χ4n) is 3.27. The minimum atomic E-state index is -0.487. The molecule has 0 atom stereocenters. The monoisotopic (exact) mass is 394 g/mol. The zero-order valence-corrected chi connectivity index (χ0v) is 16.3. The van der Waals surface area contributed by atoms with Gasteiger partial charge in [0.25, 0.3) is 11.5 Å². The van der Waals surface area contributed by atoms with E-state index in [0.717, 1.165) is 9.95 Å². The van der Waals surface area contributed by atoms with Crippen molar-refractivity contribution in [1.82, 2.24) is 14.1 Å². The predicted octanol–water partition coefficient (Wildman–Crippen LogP) is 1.95. The summed E-state index contributed by atoms with van der Waals surface area (Å²) in [5.74, 6) is 0.343. The van der Waals surface area contributed by atoms with Crippen LogP contribution in [0.4, 0.5) is 5.69 Å². The van der Waals surface area contributed by atoms with Crippen LogP contribution in [0.25, 0.3) is 22.0 Å². The molecule has 9 nitrogen and oxygen atoms in total. The Labute approximate surface area is 164 Å². The summed E-state index contributed by atoms with van der Waals surface area (Å²) in [4.78, 5) is 41.4. The minimum Gasteiger partial charge on any atom is -0.497 e. The third-order valence-electron chi connectivity index (χ3n) is 4.90.